The molecule has 3 aromatic rings. The van der Waals surface area contributed by atoms with Crippen molar-refractivity contribution in [2.45, 2.75) is 20.4 Å². The number of nitrogens with zero attached hydrogens (tertiary/aromatic N) is 4. The molecule has 0 spiro atoms. The fourth-order valence-electron chi connectivity index (χ4n) is 3.76. The number of carbonyl (C=O) groups excluding carboxylic acids is 1. The smallest absolute Gasteiger partial charge is 0.253 e. The number of hydrogen-bond acceptors (Lipinski definition) is 3. The summed E-state index contributed by atoms with van der Waals surface area (Å²) in [6, 6.07) is 14.4. The van der Waals surface area contributed by atoms with Gasteiger partial charge in [0.15, 0.2) is 0 Å². The number of carbonyl (C=O) groups is 1. The molecule has 1 aliphatic rings. The van der Waals surface area contributed by atoms with Gasteiger partial charge < -0.3 is 14.4 Å². The van der Waals surface area contributed by atoms with Gasteiger partial charge in [-0.2, -0.15) is 0 Å². The molecule has 0 unspecified atom stereocenters. The second kappa shape index (κ2) is 7.89. The maximum absolute atomic E-state index is 12.9. The standard InChI is InChI=1S/C23H26N4O/c1-18-4-3-5-22(19(18)2)26-12-14-27(15-13-26)23(28)21-8-6-20(7-9-21)16-25-11-10-24-17-25/h3-11,17H,12-16H2,1-2H3. The molecule has 5 heteroatoms. The third-order valence-corrected chi connectivity index (χ3v) is 5.61. The minimum absolute atomic E-state index is 0.120. The van der Waals surface area contributed by atoms with E-state index in [0.717, 1.165) is 43.9 Å². The summed E-state index contributed by atoms with van der Waals surface area (Å²) in [6.45, 7) is 8.33. The number of anilines is 1. The van der Waals surface area contributed by atoms with E-state index in [1.54, 1.807) is 12.5 Å². The molecule has 144 valence electrons. The number of amides is 1. The number of benzene rings is 2. The van der Waals surface area contributed by atoms with Crippen molar-refractivity contribution < 1.29 is 4.79 Å². The Morgan fingerprint density at radius 3 is 2.43 bits per heavy atom. The minimum atomic E-state index is 0.120. The molecule has 28 heavy (non-hydrogen) atoms. The van der Waals surface area contributed by atoms with Crippen LogP contribution in [-0.4, -0.2) is 46.5 Å². The normalized spacial score (nSPS) is 14.4. The molecule has 4 rings (SSSR count). The molecule has 0 saturated carbocycles. The van der Waals surface area contributed by atoms with Crippen molar-refractivity contribution >= 4 is 11.6 Å². The Labute approximate surface area is 166 Å². The fourth-order valence-corrected chi connectivity index (χ4v) is 3.76. The molecule has 0 atom stereocenters. The van der Waals surface area contributed by atoms with Crippen molar-refractivity contribution in [1.82, 2.24) is 14.5 Å². The van der Waals surface area contributed by atoms with Crippen LogP contribution in [0.1, 0.15) is 27.0 Å². The van der Waals surface area contributed by atoms with Gasteiger partial charge in [0.05, 0.1) is 6.33 Å². The quantitative estimate of drug-likeness (QED) is 0.702. The molecule has 2 aromatic carbocycles. The predicted molar refractivity (Wildman–Crippen MR) is 112 cm³/mol. The van der Waals surface area contributed by atoms with Crippen LogP contribution in [-0.2, 0) is 6.54 Å². The van der Waals surface area contributed by atoms with Crippen LogP contribution < -0.4 is 4.90 Å². The van der Waals surface area contributed by atoms with Crippen molar-refractivity contribution in [1.29, 1.82) is 0 Å². The Balaban J connectivity index is 1.38. The summed E-state index contributed by atoms with van der Waals surface area (Å²) in [7, 11) is 0. The predicted octanol–water partition coefficient (Wildman–Crippen LogP) is 3.51. The summed E-state index contributed by atoms with van der Waals surface area (Å²) >= 11 is 0. The van der Waals surface area contributed by atoms with E-state index in [0.29, 0.717) is 0 Å². The molecular weight excluding hydrogens is 348 g/mol. The maximum Gasteiger partial charge on any atom is 0.253 e. The summed E-state index contributed by atoms with van der Waals surface area (Å²) in [6.07, 6.45) is 5.51. The molecule has 0 N–H and O–H groups in total. The lowest BCUT2D eigenvalue weighted by atomic mass is 10.1. The number of aryl methyl sites for hydroxylation is 1. The van der Waals surface area contributed by atoms with Gasteiger partial charge in [0.1, 0.15) is 0 Å². The molecule has 5 nitrogen and oxygen atoms in total. The Kier molecular flexibility index (Phi) is 5.15. The van der Waals surface area contributed by atoms with Crippen molar-refractivity contribution in [3.63, 3.8) is 0 Å². The van der Waals surface area contributed by atoms with Gasteiger partial charge in [0, 0.05) is 56.4 Å². The van der Waals surface area contributed by atoms with Gasteiger partial charge >= 0.3 is 0 Å². The summed E-state index contributed by atoms with van der Waals surface area (Å²) in [5.41, 5.74) is 5.85. The second-order valence-electron chi connectivity index (χ2n) is 7.43. The topological polar surface area (TPSA) is 41.4 Å². The van der Waals surface area contributed by atoms with Crippen LogP contribution in [0.25, 0.3) is 0 Å². The van der Waals surface area contributed by atoms with Gasteiger partial charge in [-0.1, -0.05) is 24.3 Å². The zero-order chi connectivity index (χ0) is 19.5. The SMILES string of the molecule is Cc1cccc(N2CCN(C(=O)c3ccc(Cn4ccnc4)cc3)CC2)c1C. The summed E-state index contributed by atoms with van der Waals surface area (Å²) < 4.78 is 2.02. The van der Waals surface area contributed by atoms with Gasteiger partial charge in [-0.15, -0.1) is 0 Å². The fraction of sp³-hybridized carbons (Fsp3) is 0.304. The van der Waals surface area contributed by atoms with Crippen molar-refractivity contribution in [3.05, 3.63) is 83.4 Å². The lowest BCUT2D eigenvalue weighted by molar-refractivity contribution is 0.0747. The summed E-state index contributed by atoms with van der Waals surface area (Å²) in [5, 5.41) is 0. The highest BCUT2D eigenvalue weighted by Crippen LogP contribution is 2.24. The van der Waals surface area contributed by atoms with E-state index >= 15 is 0 Å². The molecule has 1 aliphatic heterocycles. The monoisotopic (exact) mass is 374 g/mol. The van der Waals surface area contributed by atoms with Crippen molar-refractivity contribution in [2.75, 3.05) is 31.1 Å². The highest BCUT2D eigenvalue weighted by molar-refractivity contribution is 5.94. The Hall–Kier alpha value is -3.08. The zero-order valence-electron chi connectivity index (χ0n) is 16.5. The summed E-state index contributed by atoms with van der Waals surface area (Å²) in [5.74, 6) is 0.120. The second-order valence-corrected chi connectivity index (χ2v) is 7.43. The molecule has 2 heterocycles. The third-order valence-electron chi connectivity index (χ3n) is 5.61. The van der Waals surface area contributed by atoms with Gasteiger partial charge in [-0.05, 0) is 48.7 Å². The first kappa shape index (κ1) is 18.3. The zero-order valence-corrected chi connectivity index (χ0v) is 16.5. The number of piperazine rings is 1. The molecule has 1 aromatic heterocycles. The van der Waals surface area contributed by atoms with E-state index in [-0.39, 0.29) is 5.91 Å². The number of hydrogen-bond donors (Lipinski definition) is 0. The number of imidazole rings is 1. The molecule has 0 aliphatic carbocycles. The third kappa shape index (κ3) is 3.79. The van der Waals surface area contributed by atoms with E-state index in [9.17, 15) is 4.79 Å². The van der Waals surface area contributed by atoms with Crippen LogP contribution in [0.4, 0.5) is 5.69 Å². The van der Waals surface area contributed by atoms with Crippen LogP contribution in [0.2, 0.25) is 0 Å². The highest BCUT2D eigenvalue weighted by atomic mass is 16.2. The number of rotatable bonds is 4. The van der Waals surface area contributed by atoms with Crippen LogP contribution in [0.15, 0.2) is 61.2 Å². The average molecular weight is 374 g/mol. The van der Waals surface area contributed by atoms with E-state index < -0.39 is 0 Å². The van der Waals surface area contributed by atoms with Crippen molar-refractivity contribution in [3.8, 4) is 0 Å². The maximum atomic E-state index is 12.9. The minimum Gasteiger partial charge on any atom is -0.368 e. The van der Waals surface area contributed by atoms with E-state index in [2.05, 4.69) is 41.9 Å². The first-order valence-electron chi connectivity index (χ1n) is 9.77. The first-order valence-corrected chi connectivity index (χ1v) is 9.77. The Bertz CT molecular complexity index is 939. The van der Waals surface area contributed by atoms with E-state index in [1.165, 1.54) is 16.8 Å². The molecule has 0 radical (unpaired) electrons. The van der Waals surface area contributed by atoms with Gasteiger partial charge in [0.25, 0.3) is 5.91 Å². The average Bonchev–Trinajstić information content (AvgIpc) is 3.23. The van der Waals surface area contributed by atoms with E-state index in [1.807, 2.05) is 39.9 Å². The first-order chi connectivity index (χ1) is 13.6. The lowest BCUT2D eigenvalue weighted by Crippen LogP contribution is -2.49. The Morgan fingerprint density at radius 1 is 1.00 bits per heavy atom. The van der Waals surface area contributed by atoms with Gasteiger partial charge in [0.2, 0.25) is 0 Å². The molecule has 1 fully saturated rings. The van der Waals surface area contributed by atoms with E-state index in [4.69, 9.17) is 0 Å². The van der Waals surface area contributed by atoms with Crippen molar-refractivity contribution in [2.24, 2.45) is 0 Å². The lowest BCUT2D eigenvalue weighted by Gasteiger charge is -2.37. The van der Waals surface area contributed by atoms with Crippen LogP contribution >= 0.6 is 0 Å². The van der Waals surface area contributed by atoms with Crippen LogP contribution in [0.5, 0.6) is 0 Å². The largest absolute Gasteiger partial charge is 0.368 e. The molecule has 0 bridgehead atoms. The van der Waals surface area contributed by atoms with Gasteiger partial charge in [-0.25, -0.2) is 4.98 Å². The molecular formula is C23H26N4O. The number of aromatic nitrogens is 2. The molecule has 1 amide bonds. The summed E-state index contributed by atoms with van der Waals surface area (Å²) in [4.78, 5) is 21.3. The molecule has 1 saturated heterocycles. The Morgan fingerprint density at radius 2 is 1.75 bits per heavy atom. The highest BCUT2D eigenvalue weighted by Gasteiger charge is 2.23. The van der Waals surface area contributed by atoms with Gasteiger partial charge in [-0.3, -0.25) is 4.79 Å². The van der Waals surface area contributed by atoms with Crippen LogP contribution in [0, 0.1) is 13.8 Å². The van der Waals surface area contributed by atoms with Crippen LogP contribution in [0.3, 0.4) is 0 Å².